The van der Waals surface area contributed by atoms with Crippen LogP contribution in [-0.4, -0.2) is 50.8 Å². The Labute approximate surface area is 181 Å². The predicted octanol–water partition coefficient (Wildman–Crippen LogP) is 3.82. The smallest absolute Gasteiger partial charge is 0.317 e. The van der Waals surface area contributed by atoms with E-state index in [2.05, 4.69) is 19.9 Å². The molecular weight excluding hydrogens is 420 g/mol. The summed E-state index contributed by atoms with van der Waals surface area (Å²) in [6.07, 6.45) is 3.39. The Bertz CT molecular complexity index is 1250. The summed E-state index contributed by atoms with van der Waals surface area (Å²) in [5, 5.41) is 9.96. The Morgan fingerprint density at radius 3 is 2.58 bits per heavy atom. The second-order valence-electron chi connectivity index (χ2n) is 7.43. The molecule has 1 aliphatic heterocycles. The molecule has 2 N–H and O–H groups in total. The van der Waals surface area contributed by atoms with Gasteiger partial charge in [-0.3, -0.25) is 9.78 Å². The van der Waals surface area contributed by atoms with Gasteiger partial charge in [-0.1, -0.05) is 11.6 Å². The molecule has 0 aliphatic carbocycles. The van der Waals surface area contributed by atoms with E-state index in [9.17, 15) is 9.90 Å². The lowest BCUT2D eigenvalue weighted by Gasteiger charge is -2.36. The summed E-state index contributed by atoms with van der Waals surface area (Å²) < 4.78 is 10.6. The number of hydrogen-bond donors (Lipinski definition) is 2. The number of halogens is 1. The first-order valence-electron chi connectivity index (χ1n) is 9.55. The highest BCUT2D eigenvalue weighted by molar-refractivity contribution is 6.31. The van der Waals surface area contributed by atoms with E-state index in [0.717, 1.165) is 27.9 Å². The van der Waals surface area contributed by atoms with Gasteiger partial charge in [0.25, 0.3) is 0 Å². The second-order valence-corrected chi connectivity index (χ2v) is 7.87. The summed E-state index contributed by atoms with van der Waals surface area (Å²) in [5.41, 5.74) is 3.13. The van der Waals surface area contributed by atoms with Crippen molar-refractivity contribution in [1.82, 2.24) is 19.9 Å². The van der Waals surface area contributed by atoms with Gasteiger partial charge in [0.2, 0.25) is 5.88 Å². The topological polar surface area (TPSA) is 110 Å². The van der Waals surface area contributed by atoms with E-state index >= 15 is 0 Å². The summed E-state index contributed by atoms with van der Waals surface area (Å²) in [6.45, 7) is 0.314. The number of fused-ring (bicyclic) bond motifs is 1. The number of aromatic amines is 1. The van der Waals surface area contributed by atoms with E-state index < -0.39 is 11.4 Å². The van der Waals surface area contributed by atoms with Crippen LogP contribution in [0.3, 0.4) is 0 Å². The predicted molar refractivity (Wildman–Crippen MR) is 114 cm³/mol. The van der Waals surface area contributed by atoms with E-state index in [1.807, 2.05) is 30.3 Å². The van der Waals surface area contributed by atoms with E-state index in [1.54, 1.807) is 24.5 Å². The van der Waals surface area contributed by atoms with Crippen molar-refractivity contribution in [2.75, 3.05) is 19.8 Å². The standard InChI is InChI=1S/C22H17ClN4O4/c23-15-3-5-17-18(7-15)27-20(26-17)14-1-4-16(24-9-14)13-2-6-19(25-8-13)31-12-22(21(28)29)10-30-11-22/h1-9H,10-12H2,(H,26,27)(H,28,29). The number of hydrogen-bond acceptors (Lipinski definition) is 6. The van der Waals surface area contributed by atoms with Crippen molar-refractivity contribution >= 4 is 28.6 Å². The average Bonchev–Trinajstić information content (AvgIpc) is 3.16. The van der Waals surface area contributed by atoms with Crippen molar-refractivity contribution in [3.05, 3.63) is 59.9 Å². The molecule has 9 heteroatoms. The molecule has 0 saturated carbocycles. The quantitative estimate of drug-likeness (QED) is 0.472. The Kier molecular flexibility index (Phi) is 4.80. The van der Waals surface area contributed by atoms with Gasteiger partial charge in [0, 0.05) is 34.6 Å². The van der Waals surface area contributed by atoms with Gasteiger partial charge < -0.3 is 19.6 Å². The van der Waals surface area contributed by atoms with Crippen LogP contribution in [0.2, 0.25) is 5.02 Å². The lowest BCUT2D eigenvalue weighted by molar-refractivity contribution is -0.185. The van der Waals surface area contributed by atoms with Gasteiger partial charge in [0.15, 0.2) is 0 Å². The summed E-state index contributed by atoms with van der Waals surface area (Å²) in [5.74, 6) is 0.145. The molecule has 1 aliphatic rings. The number of ether oxygens (including phenoxy) is 2. The molecule has 0 unspecified atom stereocenters. The van der Waals surface area contributed by atoms with Crippen LogP contribution in [0.1, 0.15) is 0 Å². The molecule has 0 atom stereocenters. The number of nitrogens with one attached hydrogen (secondary N) is 1. The molecule has 1 saturated heterocycles. The molecule has 31 heavy (non-hydrogen) atoms. The number of pyridine rings is 2. The minimum Gasteiger partial charge on any atom is -0.481 e. The Morgan fingerprint density at radius 2 is 1.94 bits per heavy atom. The fourth-order valence-corrected chi connectivity index (χ4v) is 3.44. The zero-order valence-corrected chi connectivity index (χ0v) is 17.0. The number of carbonyl (C=O) groups is 1. The van der Waals surface area contributed by atoms with Crippen molar-refractivity contribution < 1.29 is 19.4 Å². The van der Waals surface area contributed by atoms with Crippen LogP contribution in [0.5, 0.6) is 5.88 Å². The minimum absolute atomic E-state index is 0.0182. The molecule has 4 heterocycles. The first-order valence-corrected chi connectivity index (χ1v) is 9.92. The highest BCUT2D eigenvalue weighted by Gasteiger charge is 2.47. The largest absolute Gasteiger partial charge is 0.481 e. The molecule has 5 rings (SSSR count). The number of H-pyrrole nitrogens is 1. The van der Waals surface area contributed by atoms with Gasteiger partial charge >= 0.3 is 5.97 Å². The van der Waals surface area contributed by atoms with E-state index in [0.29, 0.717) is 16.7 Å². The van der Waals surface area contributed by atoms with Gasteiger partial charge in [0.05, 0.1) is 29.9 Å². The summed E-state index contributed by atoms with van der Waals surface area (Å²) in [7, 11) is 0. The number of benzene rings is 1. The first kappa shape index (κ1) is 19.5. The summed E-state index contributed by atoms with van der Waals surface area (Å²) >= 11 is 6.03. The lowest BCUT2D eigenvalue weighted by Crippen LogP contribution is -2.53. The molecular formula is C22H17ClN4O4. The van der Waals surface area contributed by atoms with E-state index in [1.165, 1.54) is 0 Å². The fourth-order valence-electron chi connectivity index (χ4n) is 3.27. The number of aromatic nitrogens is 4. The van der Waals surface area contributed by atoms with Crippen molar-refractivity contribution in [2.24, 2.45) is 5.41 Å². The number of nitrogens with zero attached hydrogens (tertiary/aromatic N) is 3. The third kappa shape index (κ3) is 3.71. The molecule has 4 aromatic rings. The summed E-state index contributed by atoms with van der Waals surface area (Å²) in [6, 6.07) is 12.8. The second kappa shape index (κ2) is 7.64. The van der Waals surface area contributed by atoms with Crippen molar-refractivity contribution in [1.29, 1.82) is 0 Å². The normalized spacial score (nSPS) is 14.9. The van der Waals surface area contributed by atoms with Crippen LogP contribution in [-0.2, 0) is 9.53 Å². The summed E-state index contributed by atoms with van der Waals surface area (Å²) in [4.78, 5) is 28.0. The first-order chi connectivity index (χ1) is 15.0. The molecule has 0 radical (unpaired) electrons. The maximum absolute atomic E-state index is 11.4. The molecule has 3 aromatic heterocycles. The molecule has 0 spiro atoms. The Balaban J connectivity index is 1.29. The van der Waals surface area contributed by atoms with Gasteiger partial charge in [-0.25, -0.2) is 9.97 Å². The Hall–Kier alpha value is -3.49. The maximum Gasteiger partial charge on any atom is 0.317 e. The molecule has 1 fully saturated rings. The van der Waals surface area contributed by atoms with Gasteiger partial charge in [-0.2, -0.15) is 0 Å². The number of carboxylic acid groups (broad SMARTS) is 1. The molecule has 0 amide bonds. The fraction of sp³-hybridized carbons (Fsp3) is 0.182. The van der Waals surface area contributed by atoms with Gasteiger partial charge in [-0.05, 0) is 36.4 Å². The molecule has 1 aromatic carbocycles. The van der Waals surface area contributed by atoms with E-state index in [-0.39, 0.29) is 19.8 Å². The zero-order valence-electron chi connectivity index (χ0n) is 16.2. The average molecular weight is 437 g/mol. The highest BCUT2D eigenvalue weighted by atomic mass is 35.5. The van der Waals surface area contributed by atoms with Crippen molar-refractivity contribution in [3.63, 3.8) is 0 Å². The minimum atomic E-state index is -0.986. The number of imidazole rings is 1. The number of rotatable bonds is 6. The highest BCUT2D eigenvalue weighted by Crippen LogP contribution is 2.29. The Morgan fingerprint density at radius 1 is 1.13 bits per heavy atom. The number of aliphatic carboxylic acids is 1. The van der Waals surface area contributed by atoms with Crippen LogP contribution < -0.4 is 4.74 Å². The van der Waals surface area contributed by atoms with Crippen LogP contribution >= 0.6 is 11.6 Å². The van der Waals surface area contributed by atoms with Crippen molar-refractivity contribution in [3.8, 4) is 28.5 Å². The zero-order chi connectivity index (χ0) is 21.4. The van der Waals surface area contributed by atoms with Gasteiger partial charge in [0.1, 0.15) is 17.8 Å². The van der Waals surface area contributed by atoms with Crippen LogP contribution in [0.15, 0.2) is 54.9 Å². The molecule has 0 bridgehead atoms. The maximum atomic E-state index is 11.4. The third-order valence-corrected chi connectivity index (χ3v) is 5.45. The monoisotopic (exact) mass is 436 g/mol. The lowest BCUT2D eigenvalue weighted by atomic mass is 9.87. The van der Waals surface area contributed by atoms with Crippen LogP contribution in [0.25, 0.3) is 33.7 Å². The molecule has 8 nitrogen and oxygen atoms in total. The molecule has 156 valence electrons. The van der Waals surface area contributed by atoms with Crippen LogP contribution in [0, 0.1) is 5.41 Å². The van der Waals surface area contributed by atoms with E-state index in [4.69, 9.17) is 21.1 Å². The van der Waals surface area contributed by atoms with Gasteiger partial charge in [-0.15, -0.1) is 0 Å². The third-order valence-electron chi connectivity index (χ3n) is 5.22. The SMILES string of the molecule is O=C(O)C1(COc2ccc(-c3ccc(-c4nc5ccc(Cl)cc5[nH]4)cn3)cn2)COC1. The van der Waals surface area contributed by atoms with Crippen molar-refractivity contribution in [2.45, 2.75) is 0 Å². The van der Waals surface area contributed by atoms with Crippen LogP contribution in [0.4, 0.5) is 0 Å². The number of carboxylic acids is 1.